The zero-order chi connectivity index (χ0) is 22.1. The van der Waals surface area contributed by atoms with E-state index in [0.29, 0.717) is 23.8 Å². The lowest BCUT2D eigenvalue weighted by molar-refractivity contribution is -0.124. The normalized spacial score (nSPS) is 10.8. The van der Waals surface area contributed by atoms with Crippen LogP contribution in [0.5, 0.6) is 11.5 Å². The number of nitrogens with one attached hydrogen (secondary N) is 2. The molecule has 2 amide bonds. The van der Waals surface area contributed by atoms with Crippen LogP contribution in [0.1, 0.15) is 25.3 Å². The molecule has 0 saturated carbocycles. The van der Waals surface area contributed by atoms with Gasteiger partial charge in [-0.25, -0.2) is 5.43 Å². The highest BCUT2D eigenvalue weighted by Gasteiger charge is 2.09. The van der Waals surface area contributed by atoms with Gasteiger partial charge in [0.05, 0.1) is 19.9 Å². The molecule has 3 aromatic rings. The SMILES string of the molecule is CCOc1ccc2ccccc2c1C=NNC(=O)CCC(=O)Nc1ccc(OC)cc1. The van der Waals surface area contributed by atoms with Gasteiger partial charge >= 0.3 is 0 Å². The topological polar surface area (TPSA) is 89.0 Å². The molecular weight excluding hydrogens is 394 g/mol. The molecule has 2 N–H and O–H groups in total. The third-order valence-electron chi connectivity index (χ3n) is 4.57. The molecule has 0 heterocycles. The van der Waals surface area contributed by atoms with Gasteiger partial charge in [-0.1, -0.05) is 30.3 Å². The second-order valence-electron chi connectivity index (χ2n) is 6.70. The van der Waals surface area contributed by atoms with Gasteiger partial charge in [0.25, 0.3) is 0 Å². The van der Waals surface area contributed by atoms with Gasteiger partial charge in [0, 0.05) is 24.1 Å². The number of hydrogen-bond acceptors (Lipinski definition) is 5. The van der Waals surface area contributed by atoms with Gasteiger partial charge in [0.1, 0.15) is 11.5 Å². The van der Waals surface area contributed by atoms with E-state index >= 15 is 0 Å². The van der Waals surface area contributed by atoms with Crippen LogP contribution >= 0.6 is 0 Å². The van der Waals surface area contributed by atoms with Crippen LogP contribution in [0.15, 0.2) is 65.8 Å². The smallest absolute Gasteiger partial charge is 0.240 e. The molecule has 0 aliphatic carbocycles. The number of fused-ring (bicyclic) bond motifs is 1. The Bertz CT molecular complexity index is 1080. The maximum Gasteiger partial charge on any atom is 0.240 e. The van der Waals surface area contributed by atoms with E-state index in [9.17, 15) is 9.59 Å². The Balaban J connectivity index is 1.55. The summed E-state index contributed by atoms with van der Waals surface area (Å²) in [5, 5.41) is 8.84. The van der Waals surface area contributed by atoms with E-state index in [1.165, 1.54) is 0 Å². The van der Waals surface area contributed by atoms with Crippen molar-refractivity contribution in [2.45, 2.75) is 19.8 Å². The Kier molecular flexibility index (Phi) is 7.59. The highest BCUT2D eigenvalue weighted by atomic mass is 16.5. The molecule has 3 rings (SSSR count). The molecule has 0 saturated heterocycles. The number of hydrogen-bond donors (Lipinski definition) is 2. The highest BCUT2D eigenvalue weighted by Crippen LogP contribution is 2.26. The molecule has 7 nitrogen and oxygen atoms in total. The summed E-state index contributed by atoms with van der Waals surface area (Å²) in [6.45, 7) is 2.43. The van der Waals surface area contributed by atoms with E-state index in [4.69, 9.17) is 9.47 Å². The molecule has 0 unspecified atom stereocenters. The van der Waals surface area contributed by atoms with Gasteiger partial charge in [-0.2, -0.15) is 5.10 Å². The Labute approximate surface area is 181 Å². The predicted octanol–water partition coefficient (Wildman–Crippen LogP) is 4.12. The molecular formula is C24H25N3O4. The molecule has 160 valence electrons. The van der Waals surface area contributed by atoms with Gasteiger partial charge in [0.15, 0.2) is 0 Å². The summed E-state index contributed by atoms with van der Waals surface area (Å²) in [5.74, 6) is 0.795. The first kappa shape index (κ1) is 21.8. The third-order valence-corrected chi connectivity index (χ3v) is 4.57. The Morgan fingerprint density at radius 3 is 2.45 bits per heavy atom. The average molecular weight is 419 g/mol. The number of anilines is 1. The van der Waals surface area contributed by atoms with Gasteiger partial charge in [-0.05, 0) is 48.0 Å². The maximum atomic E-state index is 12.1. The summed E-state index contributed by atoms with van der Waals surface area (Å²) in [5.41, 5.74) is 3.91. The zero-order valence-electron chi connectivity index (χ0n) is 17.6. The minimum absolute atomic E-state index is 0.0210. The molecule has 0 radical (unpaired) electrons. The van der Waals surface area contributed by atoms with Crippen LogP contribution in [0.4, 0.5) is 5.69 Å². The van der Waals surface area contributed by atoms with Crippen LogP contribution in [0, 0.1) is 0 Å². The first-order valence-electron chi connectivity index (χ1n) is 10.0. The molecule has 0 aliphatic heterocycles. The fraction of sp³-hybridized carbons (Fsp3) is 0.208. The van der Waals surface area contributed by atoms with Crippen molar-refractivity contribution in [3.8, 4) is 11.5 Å². The molecule has 0 spiro atoms. The van der Waals surface area contributed by atoms with E-state index in [2.05, 4.69) is 15.8 Å². The third kappa shape index (κ3) is 6.05. The minimum Gasteiger partial charge on any atom is -0.497 e. The van der Waals surface area contributed by atoms with E-state index in [1.807, 2.05) is 43.3 Å². The average Bonchev–Trinajstić information content (AvgIpc) is 2.79. The summed E-state index contributed by atoms with van der Waals surface area (Å²) in [6, 6.07) is 18.7. The lowest BCUT2D eigenvalue weighted by Crippen LogP contribution is -2.20. The Morgan fingerprint density at radius 2 is 1.71 bits per heavy atom. The number of ether oxygens (including phenoxy) is 2. The highest BCUT2D eigenvalue weighted by molar-refractivity contribution is 6.02. The number of hydrazone groups is 1. The van der Waals surface area contributed by atoms with Crippen LogP contribution < -0.4 is 20.2 Å². The number of carbonyl (C=O) groups is 2. The van der Waals surface area contributed by atoms with Crippen molar-refractivity contribution in [1.29, 1.82) is 0 Å². The number of rotatable bonds is 9. The van der Waals surface area contributed by atoms with Crippen LogP contribution in [-0.2, 0) is 9.59 Å². The summed E-state index contributed by atoms with van der Waals surface area (Å²) in [4.78, 5) is 24.1. The summed E-state index contributed by atoms with van der Waals surface area (Å²) in [7, 11) is 1.58. The molecule has 0 atom stereocenters. The second-order valence-corrected chi connectivity index (χ2v) is 6.70. The quantitative estimate of drug-likeness (QED) is 0.403. The number of methoxy groups -OCH3 is 1. The Hall–Kier alpha value is -3.87. The second kappa shape index (κ2) is 10.8. The van der Waals surface area contributed by atoms with Gasteiger partial charge in [-0.3, -0.25) is 9.59 Å². The molecule has 31 heavy (non-hydrogen) atoms. The number of benzene rings is 3. The number of amides is 2. The first-order chi connectivity index (χ1) is 15.1. The lowest BCUT2D eigenvalue weighted by atomic mass is 10.0. The van der Waals surface area contributed by atoms with Crippen molar-refractivity contribution in [3.63, 3.8) is 0 Å². The molecule has 0 aromatic heterocycles. The van der Waals surface area contributed by atoms with E-state index in [1.54, 1.807) is 37.6 Å². The predicted molar refractivity (Wildman–Crippen MR) is 122 cm³/mol. The fourth-order valence-electron chi connectivity index (χ4n) is 3.04. The van der Waals surface area contributed by atoms with Crippen LogP contribution in [0.2, 0.25) is 0 Å². The molecule has 3 aromatic carbocycles. The maximum absolute atomic E-state index is 12.1. The van der Waals surface area contributed by atoms with Crippen LogP contribution in [0.25, 0.3) is 10.8 Å². The lowest BCUT2D eigenvalue weighted by Gasteiger charge is -2.10. The van der Waals surface area contributed by atoms with E-state index in [0.717, 1.165) is 16.3 Å². The van der Waals surface area contributed by atoms with E-state index in [-0.39, 0.29) is 24.7 Å². The molecule has 0 fully saturated rings. The van der Waals surface area contributed by atoms with Crippen molar-refractivity contribution < 1.29 is 19.1 Å². The van der Waals surface area contributed by atoms with Gasteiger partial charge < -0.3 is 14.8 Å². The molecule has 0 aliphatic rings. The van der Waals surface area contributed by atoms with Crippen LogP contribution in [-0.4, -0.2) is 31.7 Å². The van der Waals surface area contributed by atoms with Crippen molar-refractivity contribution in [3.05, 3.63) is 66.2 Å². The summed E-state index contributed by atoms with van der Waals surface area (Å²) in [6.07, 6.45) is 1.64. The summed E-state index contributed by atoms with van der Waals surface area (Å²) < 4.78 is 10.8. The van der Waals surface area contributed by atoms with E-state index < -0.39 is 0 Å². The summed E-state index contributed by atoms with van der Waals surface area (Å²) >= 11 is 0. The zero-order valence-corrected chi connectivity index (χ0v) is 17.6. The number of nitrogens with zero attached hydrogens (tertiary/aromatic N) is 1. The standard InChI is InChI=1S/C24H25N3O4/c1-3-31-22-13-8-17-6-4-5-7-20(17)21(22)16-25-27-24(29)15-14-23(28)26-18-9-11-19(30-2)12-10-18/h4-13,16H,3,14-15H2,1-2H3,(H,26,28)(H,27,29). The van der Waals surface area contributed by atoms with Crippen LogP contribution in [0.3, 0.4) is 0 Å². The fourth-order valence-corrected chi connectivity index (χ4v) is 3.04. The van der Waals surface area contributed by atoms with Gasteiger partial charge in [-0.15, -0.1) is 0 Å². The van der Waals surface area contributed by atoms with Crippen molar-refractivity contribution in [1.82, 2.24) is 5.43 Å². The monoisotopic (exact) mass is 419 g/mol. The minimum atomic E-state index is -0.348. The largest absolute Gasteiger partial charge is 0.497 e. The number of carbonyl (C=O) groups excluding carboxylic acids is 2. The van der Waals surface area contributed by atoms with Crippen molar-refractivity contribution in [2.75, 3.05) is 19.0 Å². The van der Waals surface area contributed by atoms with Crippen molar-refractivity contribution >= 4 is 34.5 Å². The van der Waals surface area contributed by atoms with Crippen molar-refractivity contribution in [2.24, 2.45) is 5.10 Å². The first-order valence-corrected chi connectivity index (χ1v) is 10.0. The van der Waals surface area contributed by atoms with Gasteiger partial charge in [0.2, 0.25) is 11.8 Å². The Morgan fingerprint density at radius 1 is 0.968 bits per heavy atom. The molecule has 7 heteroatoms. The molecule has 0 bridgehead atoms.